The van der Waals surface area contributed by atoms with Crippen molar-refractivity contribution >= 4 is 0 Å². The van der Waals surface area contributed by atoms with E-state index in [2.05, 4.69) is 48.4 Å². The van der Waals surface area contributed by atoms with Gasteiger partial charge in [-0.1, -0.05) is 54.6 Å². The smallest absolute Gasteiger partial charge is 0.250 e. The molecule has 5 heteroatoms. The molecule has 0 spiro atoms. The first kappa shape index (κ1) is 21.1. The summed E-state index contributed by atoms with van der Waals surface area (Å²) in [4.78, 5) is 13.8. The molecule has 31 heavy (non-hydrogen) atoms. The summed E-state index contributed by atoms with van der Waals surface area (Å²) in [5.74, 6) is 0. The number of aliphatic hydroxyl groups is 1. The number of nitrogens with zero attached hydrogens (tertiary/aromatic N) is 2. The van der Waals surface area contributed by atoms with E-state index >= 15 is 0 Å². The van der Waals surface area contributed by atoms with Gasteiger partial charge in [0.25, 0.3) is 0 Å². The summed E-state index contributed by atoms with van der Waals surface area (Å²) >= 11 is 0. The second-order valence-electron chi connectivity index (χ2n) is 8.00. The van der Waals surface area contributed by atoms with Crippen LogP contribution in [0.25, 0.3) is 11.1 Å². The maximum absolute atomic E-state index is 11.6. The molecule has 1 aliphatic heterocycles. The minimum absolute atomic E-state index is 0.0151. The summed E-state index contributed by atoms with van der Waals surface area (Å²) in [5.41, 5.74) is 3.70. The highest BCUT2D eigenvalue weighted by atomic mass is 16.5. The second-order valence-corrected chi connectivity index (χ2v) is 8.00. The minimum Gasteiger partial charge on any atom is -0.396 e. The summed E-state index contributed by atoms with van der Waals surface area (Å²) < 4.78 is 7.90. The Bertz CT molecular complexity index is 1110. The van der Waals surface area contributed by atoms with Gasteiger partial charge in [0.05, 0.1) is 6.04 Å². The highest BCUT2D eigenvalue weighted by Gasteiger charge is 2.34. The fourth-order valence-electron chi connectivity index (χ4n) is 4.01. The third-order valence-corrected chi connectivity index (χ3v) is 6.06. The molecule has 4 rings (SSSR count). The molecule has 0 fully saturated rings. The topological polar surface area (TPSA) is 54.7 Å². The van der Waals surface area contributed by atoms with Gasteiger partial charge in [-0.3, -0.25) is 4.79 Å². The molecule has 3 aromatic rings. The van der Waals surface area contributed by atoms with Crippen LogP contribution in [0.15, 0.2) is 90.0 Å². The molecule has 5 nitrogen and oxygen atoms in total. The molecular formula is C26H28N2O3. The predicted octanol–water partition coefficient (Wildman–Crippen LogP) is 4.19. The number of hydrogen-bond donors (Lipinski definition) is 1. The monoisotopic (exact) mass is 416 g/mol. The Kier molecular flexibility index (Phi) is 6.07. The Balaban J connectivity index is 1.52. The van der Waals surface area contributed by atoms with Crippen LogP contribution in [0.1, 0.15) is 30.5 Å². The number of rotatable bonds is 6. The van der Waals surface area contributed by atoms with Crippen LogP contribution < -0.4 is 5.56 Å². The van der Waals surface area contributed by atoms with Crippen molar-refractivity contribution in [2.75, 3.05) is 13.3 Å². The van der Waals surface area contributed by atoms with Crippen molar-refractivity contribution in [1.82, 2.24) is 9.47 Å². The Morgan fingerprint density at radius 1 is 1.03 bits per heavy atom. The van der Waals surface area contributed by atoms with Crippen LogP contribution in [0, 0.1) is 0 Å². The molecule has 0 aliphatic carbocycles. The number of benzene rings is 2. The van der Waals surface area contributed by atoms with Crippen molar-refractivity contribution in [3.63, 3.8) is 0 Å². The minimum atomic E-state index is -0.598. The van der Waals surface area contributed by atoms with Crippen LogP contribution in [0.5, 0.6) is 0 Å². The third kappa shape index (κ3) is 4.33. The highest BCUT2D eigenvalue weighted by molar-refractivity contribution is 5.62. The van der Waals surface area contributed by atoms with Gasteiger partial charge >= 0.3 is 0 Å². The van der Waals surface area contributed by atoms with Crippen molar-refractivity contribution in [3.8, 4) is 11.1 Å². The largest absolute Gasteiger partial charge is 0.396 e. The van der Waals surface area contributed by atoms with Crippen molar-refractivity contribution in [2.45, 2.75) is 25.0 Å². The first-order valence-electron chi connectivity index (χ1n) is 10.5. The molecule has 0 amide bonds. The number of hydrogen-bond acceptors (Lipinski definition) is 4. The summed E-state index contributed by atoms with van der Waals surface area (Å²) in [6.07, 6.45) is 6.51. The van der Waals surface area contributed by atoms with Crippen LogP contribution >= 0.6 is 0 Å². The van der Waals surface area contributed by atoms with E-state index in [9.17, 15) is 9.90 Å². The predicted molar refractivity (Wildman–Crippen MR) is 122 cm³/mol. The molecule has 2 atom stereocenters. The SMILES string of the molecule is C[C@@H](c1ccc(-c2ccc(=O)n(C)c2)cc1)N1C=CC(CCO)(c2ccccc2)OC1. The normalized spacial score (nSPS) is 19.4. The lowest BCUT2D eigenvalue weighted by Crippen LogP contribution is -2.39. The Morgan fingerprint density at radius 3 is 2.35 bits per heavy atom. The Morgan fingerprint density at radius 2 is 1.74 bits per heavy atom. The molecule has 1 unspecified atom stereocenters. The van der Waals surface area contributed by atoms with E-state index in [1.807, 2.05) is 42.6 Å². The zero-order valence-corrected chi connectivity index (χ0v) is 17.9. The standard InChI is InChI=1S/C26H28N2O3/c1-20(21-8-10-22(11-9-21)23-12-13-25(30)27(2)18-23)28-16-14-26(15-17-29,31-19-28)24-6-4-3-5-7-24/h3-14,16,18,20,29H,15,17,19H2,1-2H3/t20-,26?/m0/s1. The number of aliphatic hydroxyl groups excluding tert-OH is 1. The molecule has 0 bridgehead atoms. The fraction of sp³-hybridized carbons (Fsp3) is 0.269. The van der Waals surface area contributed by atoms with Crippen molar-refractivity contribution in [1.29, 1.82) is 0 Å². The molecule has 0 radical (unpaired) electrons. The lowest BCUT2D eigenvalue weighted by molar-refractivity contribution is -0.0919. The molecule has 0 saturated carbocycles. The first-order valence-corrected chi connectivity index (χ1v) is 10.5. The van der Waals surface area contributed by atoms with E-state index in [0.717, 1.165) is 16.7 Å². The molecule has 2 aromatic carbocycles. The van der Waals surface area contributed by atoms with E-state index in [1.54, 1.807) is 17.7 Å². The molecule has 1 aromatic heterocycles. The van der Waals surface area contributed by atoms with E-state index in [-0.39, 0.29) is 18.2 Å². The van der Waals surface area contributed by atoms with E-state index in [0.29, 0.717) is 13.2 Å². The average Bonchev–Trinajstić information content (AvgIpc) is 2.82. The molecule has 2 heterocycles. The van der Waals surface area contributed by atoms with Crippen LogP contribution in [0.2, 0.25) is 0 Å². The lowest BCUT2D eigenvalue weighted by atomic mass is 9.89. The molecule has 1 aliphatic rings. The first-order chi connectivity index (χ1) is 15.0. The summed E-state index contributed by atoms with van der Waals surface area (Å²) in [5, 5.41) is 9.60. The van der Waals surface area contributed by atoms with Gasteiger partial charge in [-0.05, 0) is 41.3 Å². The Labute approximate surface area is 182 Å². The third-order valence-electron chi connectivity index (χ3n) is 6.06. The molecule has 1 N–H and O–H groups in total. The van der Waals surface area contributed by atoms with Gasteiger partial charge in [-0.25, -0.2) is 0 Å². The van der Waals surface area contributed by atoms with Gasteiger partial charge in [0, 0.05) is 38.5 Å². The quantitative estimate of drug-likeness (QED) is 0.655. The summed E-state index contributed by atoms with van der Waals surface area (Å²) in [6, 6.07) is 22.0. The Hall–Kier alpha value is -3.15. The van der Waals surface area contributed by atoms with E-state index < -0.39 is 5.60 Å². The maximum atomic E-state index is 11.6. The number of aromatic nitrogens is 1. The van der Waals surface area contributed by atoms with Crippen LogP contribution in [0.4, 0.5) is 0 Å². The van der Waals surface area contributed by atoms with Crippen molar-refractivity contribution < 1.29 is 9.84 Å². The van der Waals surface area contributed by atoms with Gasteiger partial charge in [0.2, 0.25) is 5.56 Å². The summed E-state index contributed by atoms with van der Waals surface area (Å²) in [7, 11) is 1.76. The van der Waals surface area contributed by atoms with Gasteiger partial charge in [0.1, 0.15) is 12.3 Å². The van der Waals surface area contributed by atoms with Crippen molar-refractivity contribution in [2.24, 2.45) is 7.05 Å². The van der Waals surface area contributed by atoms with Crippen LogP contribution in [-0.4, -0.2) is 27.9 Å². The van der Waals surface area contributed by atoms with Gasteiger partial charge in [-0.2, -0.15) is 0 Å². The van der Waals surface area contributed by atoms with E-state index in [1.165, 1.54) is 5.56 Å². The summed E-state index contributed by atoms with van der Waals surface area (Å²) in [6.45, 7) is 2.65. The number of aryl methyl sites for hydroxylation is 1. The highest BCUT2D eigenvalue weighted by Crippen LogP contribution is 2.36. The zero-order valence-electron chi connectivity index (χ0n) is 17.9. The molecule has 160 valence electrons. The molecule has 0 saturated heterocycles. The fourth-order valence-corrected chi connectivity index (χ4v) is 4.01. The molecular weight excluding hydrogens is 388 g/mol. The average molecular weight is 417 g/mol. The lowest BCUT2D eigenvalue weighted by Gasteiger charge is -2.40. The van der Waals surface area contributed by atoms with Gasteiger partial charge in [0.15, 0.2) is 0 Å². The van der Waals surface area contributed by atoms with Crippen molar-refractivity contribution in [3.05, 3.63) is 107 Å². The zero-order chi connectivity index (χ0) is 21.8. The number of ether oxygens (including phenoxy) is 1. The van der Waals surface area contributed by atoms with Crippen LogP contribution in [-0.2, 0) is 17.4 Å². The van der Waals surface area contributed by atoms with Gasteiger partial charge < -0.3 is 19.3 Å². The second kappa shape index (κ2) is 8.92. The van der Waals surface area contributed by atoms with E-state index in [4.69, 9.17) is 4.74 Å². The van der Waals surface area contributed by atoms with Gasteiger partial charge in [-0.15, -0.1) is 0 Å². The maximum Gasteiger partial charge on any atom is 0.250 e. The number of pyridine rings is 1. The van der Waals surface area contributed by atoms with Crippen LogP contribution in [0.3, 0.4) is 0 Å².